The lowest BCUT2D eigenvalue weighted by molar-refractivity contribution is -0.130. The molecule has 2 rings (SSSR count). The van der Waals surface area contributed by atoms with Crippen LogP contribution in [0.25, 0.3) is 0 Å². The van der Waals surface area contributed by atoms with Gasteiger partial charge in [-0.1, -0.05) is 42.0 Å². The number of nitriles is 1. The molecule has 0 bridgehead atoms. The van der Waals surface area contributed by atoms with E-state index in [2.05, 4.69) is 6.07 Å². The molecule has 0 aliphatic carbocycles. The number of hydrogen-bond acceptors (Lipinski definition) is 3. The van der Waals surface area contributed by atoms with Gasteiger partial charge in [-0.25, -0.2) is 0 Å². The molecule has 122 valence electrons. The van der Waals surface area contributed by atoms with Gasteiger partial charge in [0.25, 0.3) is 0 Å². The van der Waals surface area contributed by atoms with Gasteiger partial charge in [0.1, 0.15) is 0 Å². The largest absolute Gasteiger partial charge is 0.341 e. The van der Waals surface area contributed by atoms with Crippen LogP contribution in [0, 0.1) is 18.3 Å². The van der Waals surface area contributed by atoms with Crippen molar-refractivity contribution in [2.24, 2.45) is 0 Å². The van der Waals surface area contributed by atoms with Gasteiger partial charge >= 0.3 is 0 Å². The number of benzene rings is 2. The highest BCUT2D eigenvalue weighted by Gasteiger charge is 2.13. The molecule has 0 aromatic heterocycles. The third-order valence-corrected chi connectivity index (χ3v) is 3.84. The number of carbonyl (C=O) groups excluding carboxylic acids is 2. The maximum Gasteiger partial charge on any atom is 0.223 e. The molecule has 0 aliphatic rings. The maximum absolute atomic E-state index is 12.2. The first-order valence-corrected chi connectivity index (χ1v) is 7.82. The molecule has 0 atom stereocenters. The molecule has 0 saturated heterocycles. The van der Waals surface area contributed by atoms with E-state index in [0.29, 0.717) is 17.7 Å². The third-order valence-electron chi connectivity index (χ3n) is 3.84. The average Bonchev–Trinajstić information content (AvgIpc) is 2.60. The zero-order chi connectivity index (χ0) is 17.5. The van der Waals surface area contributed by atoms with Crippen molar-refractivity contribution in [1.29, 1.82) is 5.26 Å². The van der Waals surface area contributed by atoms with Crippen molar-refractivity contribution in [3.05, 3.63) is 70.8 Å². The van der Waals surface area contributed by atoms with Gasteiger partial charge in [0.2, 0.25) is 5.91 Å². The lowest BCUT2D eigenvalue weighted by Gasteiger charge is -2.17. The van der Waals surface area contributed by atoms with Crippen molar-refractivity contribution < 1.29 is 9.59 Å². The Bertz CT molecular complexity index is 773. The lowest BCUT2D eigenvalue weighted by atomic mass is 10.0. The van der Waals surface area contributed by atoms with Gasteiger partial charge in [-0.3, -0.25) is 9.59 Å². The molecule has 0 N–H and O–H groups in total. The average molecular weight is 320 g/mol. The highest BCUT2D eigenvalue weighted by Crippen LogP contribution is 2.11. The number of aryl methyl sites for hydroxylation is 1. The number of ketones is 1. The zero-order valence-corrected chi connectivity index (χ0v) is 14.0. The molecule has 0 radical (unpaired) electrons. The number of carbonyl (C=O) groups is 2. The molecule has 0 aliphatic heterocycles. The lowest BCUT2D eigenvalue weighted by Crippen LogP contribution is -2.26. The van der Waals surface area contributed by atoms with Crippen LogP contribution >= 0.6 is 0 Å². The third kappa shape index (κ3) is 4.79. The first-order valence-electron chi connectivity index (χ1n) is 7.82. The van der Waals surface area contributed by atoms with Crippen molar-refractivity contribution in [3.63, 3.8) is 0 Å². The van der Waals surface area contributed by atoms with Gasteiger partial charge in [-0.15, -0.1) is 0 Å². The number of hydrogen-bond donors (Lipinski definition) is 0. The van der Waals surface area contributed by atoms with Crippen LogP contribution in [0.5, 0.6) is 0 Å². The van der Waals surface area contributed by atoms with Crippen LogP contribution in [-0.2, 0) is 11.3 Å². The Morgan fingerprint density at radius 3 is 2.46 bits per heavy atom. The zero-order valence-electron chi connectivity index (χ0n) is 14.0. The summed E-state index contributed by atoms with van der Waals surface area (Å²) < 4.78 is 0. The van der Waals surface area contributed by atoms with E-state index in [9.17, 15) is 9.59 Å². The molecule has 0 spiro atoms. The molecule has 4 heteroatoms. The number of rotatable bonds is 6. The van der Waals surface area contributed by atoms with E-state index in [4.69, 9.17) is 5.26 Å². The second-order valence-corrected chi connectivity index (χ2v) is 5.85. The molecule has 2 aromatic carbocycles. The molecule has 24 heavy (non-hydrogen) atoms. The maximum atomic E-state index is 12.2. The van der Waals surface area contributed by atoms with Crippen molar-refractivity contribution in [2.45, 2.75) is 26.3 Å². The molecule has 0 heterocycles. The molecule has 2 aromatic rings. The minimum atomic E-state index is -0.0853. The van der Waals surface area contributed by atoms with E-state index in [-0.39, 0.29) is 24.5 Å². The Morgan fingerprint density at radius 2 is 1.79 bits per heavy atom. The second-order valence-electron chi connectivity index (χ2n) is 5.85. The fraction of sp³-hybridized carbons (Fsp3) is 0.250. The first-order chi connectivity index (χ1) is 11.5. The Kier molecular flexibility index (Phi) is 5.86. The molecule has 0 unspecified atom stereocenters. The topological polar surface area (TPSA) is 61.2 Å². The highest BCUT2D eigenvalue weighted by atomic mass is 16.2. The summed E-state index contributed by atoms with van der Waals surface area (Å²) in [6.07, 6.45) is 0.381. The second kappa shape index (κ2) is 8.07. The Labute approximate surface area is 142 Å². The van der Waals surface area contributed by atoms with E-state index in [1.54, 1.807) is 42.3 Å². The van der Waals surface area contributed by atoms with Crippen molar-refractivity contribution in [3.8, 4) is 6.07 Å². The van der Waals surface area contributed by atoms with Crippen LogP contribution in [0.4, 0.5) is 0 Å². The summed E-state index contributed by atoms with van der Waals surface area (Å²) in [4.78, 5) is 25.9. The van der Waals surface area contributed by atoms with Gasteiger partial charge in [-0.05, 0) is 24.6 Å². The van der Waals surface area contributed by atoms with E-state index in [1.807, 2.05) is 25.1 Å². The first kappa shape index (κ1) is 17.4. The molecule has 0 saturated carbocycles. The summed E-state index contributed by atoms with van der Waals surface area (Å²) in [7, 11) is 1.71. The predicted octanol–water partition coefficient (Wildman–Crippen LogP) is 3.49. The molecule has 4 nitrogen and oxygen atoms in total. The van der Waals surface area contributed by atoms with E-state index in [0.717, 1.165) is 11.1 Å². The van der Waals surface area contributed by atoms with E-state index >= 15 is 0 Å². The van der Waals surface area contributed by atoms with Crippen LogP contribution in [-0.4, -0.2) is 23.6 Å². The number of nitrogens with zero attached hydrogens (tertiary/aromatic N) is 2. The van der Waals surface area contributed by atoms with Gasteiger partial charge in [-0.2, -0.15) is 5.26 Å². The standard InChI is InChI=1S/C20H20N2O2/c1-15-6-8-18(9-7-15)19(23)10-11-20(24)22(2)14-17-5-3-4-16(12-17)13-21/h3-9,12H,10-11,14H2,1-2H3. The van der Waals surface area contributed by atoms with Gasteiger partial charge < -0.3 is 4.90 Å². The Morgan fingerprint density at radius 1 is 1.08 bits per heavy atom. The molecular weight excluding hydrogens is 300 g/mol. The fourth-order valence-electron chi connectivity index (χ4n) is 2.40. The minimum Gasteiger partial charge on any atom is -0.341 e. The summed E-state index contributed by atoms with van der Waals surface area (Å²) in [5, 5.41) is 8.91. The fourth-order valence-corrected chi connectivity index (χ4v) is 2.40. The quantitative estimate of drug-likeness (QED) is 0.765. The highest BCUT2D eigenvalue weighted by molar-refractivity contribution is 5.97. The summed E-state index contributed by atoms with van der Waals surface area (Å²) in [6, 6.07) is 16.6. The van der Waals surface area contributed by atoms with Gasteiger partial charge in [0, 0.05) is 32.0 Å². The summed E-state index contributed by atoms with van der Waals surface area (Å²) in [6.45, 7) is 2.39. The van der Waals surface area contributed by atoms with Crippen molar-refractivity contribution in [1.82, 2.24) is 4.90 Å². The van der Waals surface area contributed by atoms with Crippen LogP contribution in [0.2, 0.25) is 0 Å². The number of amides is 1. The monoisotopic (exact) mass is 320 g/mol. The smallest absolute Gasteiger partial charge is 0.223 e. The predicted molar refractivity (Wildman–Crippen MR) is 92.4 cm³/mol. The van der Waals surface area contributed by atoms with E-state index in [1.165, 1.54) is 0 Å². The minimum absolute atomic E-state index is 0.0248. The summed E-state index contributed by atoms with van der Waals surface area (Å²) in [5.41, 5.74) is 3.21. The number of Topliss-reactive ketones (excluding diaryl/α,β-unsaturated/α-hetero) is 1. The molecule has 0 fully saturated rings. The van der Waals surface area contributed by atoms with Crippen LogP contribution in [0.1, 0.15) is 39.9 Å². The van der Waals surface area contributed by atoms with E-state index < -0.39 is 0 Å². The van der Waals surface area contributed by atoms with Gasteiger partial charge in [0.05, 0.1) is 11.6 Å². The van der Waals surface area contributed by atoms with Crippen molar-refractivity contribution >= 4 is 11.7 Å². The summed E-state index contributed by atoms with van der Waals surface area (Å²) >= 11 is 0. The normalized spacial score (nSPS) is 10.0. The van der Waals surface area contributed by atoms with Crippen LogP contribution in [0.3, 0.4) is 0 Å². The van der Waals surface area contributed by atoms with Gasteiger partial charge in [0.15, 0.2) is 5.78 Å². The Balaban J connectivity index is 1.88. The SMILES string of the molecule is Cc1ccc(C(=O)CCC(=O)N(C)Cc2cccc(C#N)c2)cc1. The van der Waals surface area contributed by atoms with Crippen LogP contribution < -0.4 is 0 Å². The Hall–Kier alpha value is -2.93. The summed E-state index contributed by atoms with van der Waals surface area (Å²) in [5.74, 6) is -0.110. The van der Waals surface area contributed by atoms with Crippen LogP contribution in [0.15, 0.2) is 48.5 Å². The molecular formula is C20H20N2O2. The molecule has 1 amide bonds. The van der Waals surface area contributed by atoms with Crippen molar-refractivity contribution in [2.75, 3.05) is 7.05 Å².